The predicted molar refractivity (Wildman–Crippen MR) is 152 cm³/mol. The van der Waals surface area contributed by atoms with Crippen LogP contribution in [0, 0.1) is 6.92 Å². The van der Waals surface area contributed by atoms with Crippen LogP contribution in [-0.2, 0) is 26.2 Å². The van der Waals surface area contributed by atoms with Crippen molar-refractivity contribution in [3.05, 3.63) is 92.9 Å². The molecule has 0 heterocycles. The average molecular weight is 597 g/mol. The molecule has 0 spiro atoms. The number of aryl methyl sites for hydroxylation is 1. The molecule has 0 radical (unpaired) electrons. The van der Waals surface area contributed by atoms with Gasteiger partial charge in [-0.2, -0.15) is 0 Å². The van der Waals surface area contributed by atoms with E-state index in [1.54, 1.807) is 50.2 Å². The maximum atomic E-state index is 13.8. The number of sulfonamides is 1. The molecule has 3 aromatic carbocycles. The lowest BCUT2D eigenvalue weighted by Crippen LogP contribution is -2.51. The molecule has 0 saturated heterocycles. The topological polar surface area (TPSA) is 86.8 Å². The molecule has 0 aliphatic carbocycles. The normalized spacial score (nSPS) is 12.1. The number of nitrogens with one attached hydrogen (secondary N) is 1. The van der Waals surface area contributed by atoms with E-state index in [-0.39, 0.29) is 33.1 Å². The lowest BCUT2D eigenvalue weighted by Gasteiger charge is -2.32. The Kier molecular flexibility index (Phi) is 10.1. The molecule has 0 aromatic heterocycles. The van der Waals surface area contributed by atoms with Gasteiger partial charge >= 0.3 is 0 Å². The first-order valence-electron chi connectivity index (χ1n) is 11.8. The second-order valence-corrected chi connectivity index (χ2v) is 11.7. The highest BCUT2D eigenvalue weighted by molar-refractivity contribution is 7.92. The van der Waals surface area contributed by atoms with Gasteiger partial charge in [0.1, 0.15) is 12.6 Å². The van der Waals surface area contributed by atoms with Crippen LogP contribution in [-0.4, -0.2) is 44.3 Å². The molecule has 0 aliphatic heterocycles. The lowest BCUT2D eigenvalue weighted by atomic mass is 10.1. The van der Waals surface area contributed by atoms with Crippen LogP contribution in [0.3, 0.4) is 0 Å². The number of carbonyl (C=O) groups excluding carboxylic acids is 2. The van der Waals surface area contributed by atoms with E-state index in [1.165, 1.54) is 35.2 Å². The van der Waals surface area contributed by atoms with Gasteiger partial charge in [-0.1, -0.05) is 70.7 Å². The van der Waals surface area contributed by atoms with E-state index in [2.05, 4.69) is 5.32 Å². The van der Waals surface area contributed by atoms with Crippen LogP contribution in [0.25, 0.3) is 0 Å². The molecule has 1 atom stereocenters. The number of hydrogen-bond acceptors (Lipinski definition) is 4. The van der Waals surface area contributed by atoms with E-state index in [4.69, 9.17) is 34.8 Å². The van der Waals surface area contributed by atoms with Crippen LogP contribution in [0.15, 0.2) is 71.6 Å². The number of amides is 2. The van der Waals surface area contributed by atoms with Crippen LogP contribution in [0.4, 0.5) is 5.69 Å². The van der Waals surface area contributed by atoms with Crippen LogP contribution < -0.4 is 9.62 Å². The number of nitrogens with zero attached hydrogens (tertiary/aromatic N) is 2. The Labute approximate surface area is 238 Å². The van der Waals surface area contributed by atoms with Crippen molar-refractivity contribution >= 4 is 62.3 Å². The van der Waals surface area contributed by atoms with Gasteiger partial charge in [0, 0.05) is 18.1 Å². The Balaban J connectivity index is 2.07. The first kappa shape index (κ1) is 29.8. The average Bonchev–Trinajstić information content (AvgIpc) is 2.88. The second-order valence-electron chi connectivity index (χ2n) is 8.61. The van der Waals surface area contributed by atoms with Gasteiger partial charge in [-0.3, -0.25) is 13.9 Å². The zero-order valence-corrected chi connectivity index (χ0v) is 24.2. The summed E-state index contributed by atoms with van der Waals surface area (Å²) in [6, 6.07) is 16.6. The third-order valence-electron chi connectivity index (χ3n) is 5.90. The van der Waals surface area contributed by atoms with Crippen molar-refractivity contribution < 1.29 is 18.0 Å². The fourth-order valence-electron chi connectivity index (χ4n) is 3.72. The van der Waals surface area contributed by atoms with Crippen LogP contribution >= 0.6 is 34.8 Å². The molecule has 1 N–H and O–H groups in total. The van der Waals surface area contributed by atoms with Crippen molar-refractivity contribution in [3.8, 4) is 0 Å². The van der Waals surface area contributed by atoms with E-state index >= 15 is 0 Å². The zero-order chi connectivity index (χ0) is 28.0. The van der Waals surface area contributed by atoms with Gasteiger partial charge in [-0.05, 0) is 62.7 Å². The Morgan fingerprint density at radius 3 is 2.18 bits per heavy atom. The van der Waals surface area contributed by atoms with Crippen molar-refractivity contribution in [2.24, 2.45) is 0 Å². The molecule has 0 unspecified atom stereocenters. The van der Waals surface area contributed by atoms with Gasteiger partial charge in [0.25, 0.3) is 10.0 Å². The quantitative estimate of drug-likeness (QED) is 0.325. The molecule has 11 heteroatoms. The molecular formula is C27H28Cl3N3O4S. The maximum Gasteiger partial charge on any atom is 0.264 e. The first-order valence-corrected chi connectivity index (χ1v) is 14.4. The summed E-state index contributed by atoms with van der Waals surface area (Å²) in [5, 5.41) is 3.49. The minimum absolute atomic E-state index is 0.00333. The number of hydrogen-bond donors (Lipinski definition) is 1. The number of halogens is 3. The summed E-state index contributed by atoms with van der Waals surface area (Å²) in [5.41, 5.74) is 1.64. The Hall–Kier alpha value is -2.78. The summed E-state index contributed by atoms with van der Waals surface area (Å²) in [7, 11) is -4.21. The number of likely N-dealkylation sites (N-methyl/N-ethyl adjacent to an activating group) is 1. The zero-order valence-electron chi connectivity index (χ0n) is 21.1. The minimum Gasteiger partial charge on any atom is -0.355 e. The minimum atomic E-state index is -4.21. The summed E-state index contributed by atoms with van der Waals surface area (Å²) in [6.07, 6.45) is 0. The van der Waals surface area contributed by atoms with Crippen LogP contribution in [0.1, 0.15) is 25.0 Å². The lowest BCUT2D eigenvalue weighted by molar-refractivity contribution is -0.139. The maximum absolute atomic E-state index is 13.8. The highest BCUT2D eigenvalue weighted by atomic mass is 35.5. The van der Waals surface area contributed by atoms with Gasteiger partial charge in [0.15, 0.2) is 0 Å². The predicted octanol–water partition coefficient (Wildman–Crippen LogP) is 5.70. The van der Waals surface area contributed by atoms with Crippen molar-refractivity contribution in [1.29, 1.82) is 0 Å². The third kappa shape index (κ3) is 6.99. The summed E-state index contributed by atoms with van der Waals surface area (Å²) in [4.78, 5) is 27.9. The number of rotatable bonds is 10. The molecular weight excluding hydrogens is 569 g/mol. The van der Waals surface area contributed by atoms with Crippen molar-refractivity contribution in [1.82, 2.24) is 10.2 Å². The van der Waals surface area contributed by atoms with Gasteiger partial charge < -0.3 is 10.2 Å². The number of benzene rings is 3. The Bertz CT molecular complexity index is 1420. The summed E-state index contributed by atoms with van der Waals surface area (Å²) >= 11 is 18.6. The molecule has 3 aromatic rings. The van der Waals surface area contributed by atoms with E-state index in [9.17, 15) is 18.0 Å². The summed E-state index contributed by atoms with van der Waals surface area (Å²) in [6.45, 7) is 4.96. The number of anilines is 1. The second kappa shape index (κ2) is 12.8. The Morgan fingerprint density at radius 1 is 0.921 bits per heavy atom. The van der Waals surface area contributed by atoms with E-state index in [0.717, 1.165) is 9.87 Å². The molecule has 7 nitrogen and oxygen atoms in total. The molecule has 0 bridgehead atoms. The molecule has 2 amide bonds. The molecule has 0 fully saturated rings. The molecule has 38 heavy (non-hydrogen) atoms. The molecule has 0 aliphatic rings. The van der Waals surface area contributed by atoms with Gasteiger partial charge in [0.05, 0.1) is 20.6 Å². The molecule has 0 saturated carbocycles. The third-order valence-corrected chi connectivity index (χ3v) is 8.79. The van der Waals surface area contributed by atoms with E-state index in [0.29, 0.717) is 17.1 Å². The Morgan fingerprint density at radius 2 is 1.58 bits per heavy atom. The van der Waals surface area contributed by atoms with E-state index < -0.39 is 28.5 Å². The monoisotopic (exact) mass is 595 g/mol. The molecule has 3 rings (SSSR count). The van der Waals surface area contributed by atoms with Gasteiger partial charge in [-0.15, -0.1) is 0 Å². The van der Waals surface area contributed by atoms with E-state index in [1.807, 2.05) is 6.92 Å². The van der Waals surface area contributed by atoms with Crippen LogP contribution in [0.2, 0.25) is 15.1 Å². The standard InChI is InChI=1S/C27H28Cl3N3O4S/c1-4-31-27(35)19(3)32(16-20-7-5-6-8-23(20)28)26(34)17-33(21-11-14-24(29)25(30)15-21)38(36,37)22-12-9-18(2)10-13-22/h5-15,19H,4,16-17H2,1-3H3,(H,31,35)/t19-/m0/s1. The highest BCUT2D eigenvalue weighted by Gasteiger charge is 2.33. The first-order chi connectivity index (χ1) is 17.9. The van der Waals surface area contributed by atoms with Gasteiger partial charge in [0.2, 0.25) is 11.8 Å². The largest absolute Gasteiger partial charge is 0.355 e. The fraction of sp³-hybridized carbons (Fsp3) is 0.259. The van der Waals surface area contributed by atoms with Crippen molar-refractivity contribution in [2.45, 2.75) is 38.3 Å². The van der Waals surface area contributed by atoms with Crippen molar-refractivity contribution in [2.75, 3.05) is 17.4 Å². The van der Waals surface area contributed by atoms with Crippen molar-refractivity contribution in [3.63, 3.8) is 0 Å². The van der Waals surface area contributed by atoms with Gasteiger partial charge in [-0.25, -0.2) is 8.42 Å². The summed E-state index contributed by atoms with van der Waals surface area (Å²) in [5.74, 6) is -0.985. The highest BCUT2D eigenvalue weighted by Crippen LogP contribution is 2.31. The number of carbonyl (C=O) groups is 2. The summed E-state index contributed by atoms with van der Waals surface area (Å²) < 4.78 is 28.6. The smallest absolute Gasteiger partial charge is 0.264 e. The fourth-order valence-corrected chi connectivity index (χ4v) is 5.61. The van der Waals surface area contributed by atoms with Crippen LogP contribution in [0.5, 0.6) is 0 Å². The SMILES string of the molecule is CCNC(=O)[C@H](C)N(Cc1ccccc1Cl)C(=O)CN(c1ccc(Cl)c(Cl)c1)S(=O)(=O)c1ccc(C)cc1. The molecule has 202 valence electrons.